The molecule has 0 bridgehead atoms. The first kappa shape index (κ1) is 18.5. The Kier molecular flexibility index (Phi) is 5.35. The van der Waals surface area contributed by atoms with E-state index in [1.54, 1.807) is 30.5 Å². The number of nitrogens with one attached hydrogen (secondary N) is 2. The van der Waals surface area contributed by atoms with Crippen molar-refractivity contribution in [3.8, 4) is 11.8 Å². The maximum absolute atomic E-state index is 12.6. The second-order valence-electron chi connectivity index (χ2n) is 6.84. The van der Waals surface area contributed by atoms with E-state index in [0.29, 0.717) is 22.6 Å². The van der Waals surface area contributed by atoms with Crippen molar-refractivity contribution in [2.45, 2.75) is 12.8 Å². The molecule has 1 aliphatic rings. The fourth-order valence-electron chi connectivity index (χ4n) is 2.78. The number of rotatable bonds is 4. The maximum Gasteiger partial charge on any atom is 0.255 e. The highest BCUT2D eigenvalue weighted by molar-refractivity contribution is 6.05. The van der Waals surface area contributed by atoms with Crippen molar-refractivity contribution in [3.05, 3.63) is 89.7 Å². The topological polar surface area (TPSA) is 71.1 Å². The molecule has 1 aromatic heterocycles. The Balaban J connectivity index is 1.44. The molecule has 4 rings (SSSR count). The van der Waals surface area contributed by atoms with E-state index in [9.17, 15) is 9.59 Å². The first-order valence-corrected chi connectivity index (χ1v) is 9.43. The smallest absolute Gasteiger partial charge is 0.255 e. The summed E-state index contributed by atoms with van der Waals surface area (Å²) in [6, 6.07) is 19.8. The molecule has 0 radical (unpaired) electrons. The van der Waals surface area contributed by atoms with Crippen molar-refractivity contribution in [1.82, 2.24) is 4.98 Å². The zero-order valence-corrected chi connectivity index (χ0v) is 15.7. The van der Waals surface area contributed by atoms with Crippen molar-refractivity contribution in [3.63, 3.8) is 0 Å². The fourth-order valence-corrected chi connectivity index (χ4v) is 2.78. The number of hydrogen-bond acceptors (Lipinski definition) is 3. The molecule has 2 N–H and O–H groups in total. The molecule has 2 aromatic carbocycles. The highest BCUT2D eigenvalue weighted by Gasteiger charge is 2.29. The monoisotopic (exact) mass is 381 g/mol. The Labute approximate surface area is 169 Å². The number of amides is 2. The Hall–Kier alpha value is -3.91. The van der Waals surface area contributed by atoms with Crippen LogP contribution in [-0.4, -0.2) is 16.8 Å². The Bertz CT molecular complexity index is 1110. The van der Waals surface area contributed by atoms with Crippen LogP contribution in [0.4, 0.5) is 11.4 Å². The fraction of sp³-hybridized carbons (Fsp3) is 0.125. The number of hydrogen-bond donors (Lipinski definition) is 2. The van der Waals surface area contributed by atoms with Crippen LogP contribution < -0.4 is 10.6 Å². The largest absolute Gasteiger partial charge is 0.326 e. The van der Waals surface area contributed by atoms with Crippen LogP contribution in [0.3, 0.4) is 0 Å². The van der Waals surface area contributed by atoms with Crippen LogP contribution in [0.5, 0.6) is 0 Å². The van der Waals surface area contributed by atoms with Gasteiger partial charge in [0.15, 0.2) is 0 Å². The summed E-state index contributed by atoms with van der Waals surface area (Å²) in [5.74, 6) is 5.93. The van der Waals surface area contributed by atoms with E-state index in [4.69, 9.17) is 0 Å². The average Bonchev–Trinajstić information content (AvgIpc) is 3.59. The third-order valence-corrected chi connectivity index (χ3v) is 4.46. The van der Waals surface area contributed by atoms with E-state index >= 15 is 0 Å². The van der Waals surface area contributed by atoms with Gasteiger partial charge >= 0.3 is 0 Å². The molecule has 29 heavy (non-hydrogen) atoms. The van der Waals surface area contributed by atoms with Gasteiger partial charge in [-0.3, -0.25) is 9.59 Å². The van der Waals surface area contributed by atoms with Gasteiger partial charge in [0.25, 0.3) is 5.91 Å². The molecule has 5 heteroatoms. The van der Waals surface area contributed by atoms with Crippen molar-refractivity contribution in [2.24, 2.45) is 5.92 Å². The van der Waals surface area contributed by atoms with Gasteiger partial charge in [-0.05, 0) is 67.3 Å². The van der Waals surface area contributed by atoms with Crippen LogP contribution in [0.1, 0.15) is 34.5 Å². The number of carbonyl (C=O) groups excluding carboxylic acids is 2. The summed E-state index contributed by atoms with van der Waals surface area (Å²) in [4.78, 5) is 28.7. The van der Waals surface area contributed by atoms with Gasteiger partial charge in [0.05, 0.1) is 0 Å². The number of aromatic nitrogens is 1. The van der Waals surface area contributed by atoms with Crippen molar-refractivity contribution >= 4 is 23.2 Å². The summed E-state index contributed by atoms with van der Waals surface area (Å²) >= 11 is 0. The molecule has 1 fully saturated rings. The number of carbonyl (C=O) groups is 2. The van der Waals surface area contributed by atoms with Crippen molar-refractivity contribution < 1.29 is 9.59 Å². The van der Waals surface area contributed by atoms with E-state index in [1.807, 2.05) is 42.5 Å². The molecule has 1 aliphatic carbocycles. The minimum Gasteiger partial charge on any atom is -0.326 e. The van der Waals surface area contributed by atoms with Crippen LogP contribution >= 0.6 is 0 Å². The highest BCUT2D eigenvalue weighted by Crippen LogP contribution is 2.30. The minimum absolute atomic E-state index is 0.0155. The summed E-state index contributed by atoms with van der Waals surface area (Å²) in [7, 11) is 0. The number of benzene rings is 2. The molecule has 0 spiro atoms. The molecule has 1 heterocycles. The van der Waals surface area contributed by atoms with Crippen LogP contribution in [-0.2, 0) is 4.79 Å². The van der Waals surface area contributed by atoms with Crippen LogP contribution in [0.25, 0.3) is 0 Å². The zero-order valence-electron chi connectivity index (χ0n) is 15.7. The van der Waals surface area contributed by atoms with Gasteiger partial charge in [-0.25, -0.2) is 4.98 Å². The van der Waals surface area contributed by atoms with Gasteiger partial charge < -0.3 is 10.6 Å². The second-order valence-corrected chi connectivity index (χ2v) is 6.84. The zero-order chi connectivity index (χ0) is 20.1. The molecule has 5 nitrogen and oxygen atoms in total. The van der Waals surface area contributed by atoms with E-state index in [2.05, 4.69) is 27.5 Å². The molecular formula is C24H19N3O2. The van der Waals surface area contributed by atoms with Crippen LogP contribution in [0, 0.1) is 17.8 Å². The standard InChI is InChI=1S/C24H19N3O2/c28-23(18-11-12-18)27-22-9-4-6-19(16-22)24(29)26-21-8-3-5-17(15-21)10-13-20-7-1-2-14-25-20/h1-9,14-16,18H,11-12H2,(H,26,29)(H,27,28). The second kappa shape index (κ2) is 8.41. The highest BCUT2D eigenvalue weighted by atomic mass is 16.2. The quantitative estimate of drug-likeness (QED) is 0.669. The predicted molar refractivity (Wildman–Crippen MR) is 112 cm³/mol. The molecular weight excluding hydrogens is 362 g/mol. The maximum atomic E-state index is 12.6. The van der Waals surface area contributed by atoms with E-state index in [1.165, 1.54) is 0 Å². The summed E-state index contributed by atoms with van der Waals surface area (Å²) in [6.07, 6.45) is 3.57. The summed E-state index contributed by atoms with van der Waals surface area (Å²) < 4.78 is 0. The van der Waals surface area contributed by atoms with Crippen molar-refractivity contribution in [2.75, 3.05) is 10.6 Å². The molecule has 1 saturated carbocycles. The van der Waals surface area contributed by atoms with Gasteiger partial charge in [0.2, 0.25) is 5.91 Å². The Morgan fingerprint density at radius 2 is 1.66 bits per heavy atom. The SMILES string of the molecule is O=C(Nc1cccc(C#Cc2ccccn2)c1)c1cccc(NC(=O)C2CC2)c1. The molecule has 3 aromatic rings. The number of pyridine rings is 1. The third-order valence-electron chi connectivity index (χ3n) is 4.46. The molecule has 2 amide bonds. The molecule has 0 atom stereocenters. The molecule has 0 aliphatic heterocycles. The Morgan fingerprint density at radius 1 is 0.862 bits per heavy atom. The van der Waals surface area contributed by atoms with Gasteiger partial charge in [0.1, 0.15) is 5.69 Å². The van der Waals surface area contributed by atoms with Crippen molar-refractivity contribution in [1.29, 1.82) is 0 Å². The first-order chi connectivity index (χ1) is 14.2. The van der Waals surface area contributed by atoms with Gasteiger partial charge in [-0.1, -0.05) is 24.1 Å². The lowest BCUT2D eigenvalue weighted by molar-refractivity contribution is -0.117. The molecule has 0 unspecified atom stereocenters. The summed E-state index contributed by atoms with van der Waals surface area (Å²) in [5, 5.41) is 5.74. The van der Waals surface area contributed by atoms with E-state index < -0.39 is 0 Å². The van der Waals surface area contributed by atoms with Gasteiger partial charge in [-0.15, -0.1) is 0 Å². The third kappa shape index (κ3) is 5.08. The lowest BCUT2D eigenvalue weighted by atomic mass is 10.1. The summed E-state index contributed by atoms with van der Waals surface area (Å²) in [6.45, 7) is 0. The lowest BCUT2D eigenvalue weighted by Gasteiger charge is -2.08. The van der Waals surface area contributed by atoms with Crippen LogP contribution in [0.2, 0.25) is 0 Å². The number of nitrogens with zero attached hydrogens (tertiary/aromatic N) is 1. The summed E-state index contributed by atoms with van der Waals surface area (Å²) in [5.41, 5.74) is 3.22. The first-order valence-electron chi connectivity index (χ1n) is 9.43. The van der Waals surface area contributed by atoms with Gasteiger partial charge in [0, 0.05) is 34.6 Å². The molecule has 0 saturated heterocycles. The Morgan fingerprint density at radius 3 is 2.41 bits per heavy atom. The molecule has 142 valence electrons. The van der Waals surface area contributed by atoms with Crippen LogP contribution in [0.15, 0.2) is 72.9 Å². The number of anilines is 2. The van der Waals surface area contributed by atoms with E-state index in [0.717, 1.165) is 18.4 Å². The minimum atomic E-state index is -0.248. The normalized spacial score (nSPS) is 12.4. The lowest BCUT2D eigenvalue weighted by Crippen LogP contribution is -2.15. The predicted octanol–water partition coefficient (Wildman–Crippen LogP) is 4.08. The van der Waals surface area contributed by atoms with E-state index in [-0.39, 0.29) is 17.7 Å². The van der Waals surface area contributed by atoms with Gasteiger partial charge in [-0.2, -0.15) is 0 Å². The average molecular weight is 381 g/mol.